The first-order chi connectivity index (χ1) is 10.2. The number of rotatable bonds is 7. The van der Waals surface area contributed by atoms with E-state index in [1.807, 2.05) is 6.92 Å². The fourth-order valence-corrected chi connectivity index (χ4v) is 2.80. The summed E-state index contributed by atoms with van der Waals surface area (Å²) in [7, 11) is 0. The summed E-state index contributed by atoms with van der Waals surface area (Å²) in [6.45, 7) is 7.34. The minimum atomic E-state index is -0.134. The van der Waals surface area contributed by atoms with Crippen LogP contribution in [-0.4, -0.2) is 41.5 Å². The molecule has 1 aliphatic rings. The Labute approximate surface area is 127 Å². The molecule has 5 nitrogen and oxygen atoms in total. The quantitative estimate of drug-likeness (QED) is 0.785. The molecule has 1 saturated heterocycles. The largest absolute Gasteiger partial charge is 0.448 e. The van der Waals surface area contributed by atoms with Crippen molar-refractivity contribution in [1.82, 2.24) is 15.2 Å². The van der Waals surface area contributed by atoms with Gasteiger partial charge in [0.2, 0.25) is 0 Å². The van der Waals surface area contributed by atoms with Crippen molar-refractivity contribution in [2.45, 2.75) is 58.4 Å². The second kappa shape index (κ2) is 8.17. The Balaban J connectivity index is 1.60. The summed E-state index contributed by atoms with van der Waals surface area (Å²) in [6, 6.07) is 0.718. The molecule has 1 atom stereocenters. The summed E-state index contributed by atoms with van der Waals surface area (Å²) >= 11 is 0. The first-order valence-electron chi connectivity index (χ1n) is 8.17. The highest BCUT2D eigenvalue weighted by Gasteiger charge is 2.17. The monoisotopic (exact) mass is 293 g/mol. The molecule has 5 heteroatoms. The van der Waals surface area contributed by atoms with Crippen molar-refractivity contribution in [3.8, 4) is 0 Å². The van der Waals surface area contributed by atoms with E-state index in [2.05, 4.69) is 22.1 Å². The van der Waals surface area contributed by atoms with Crippen LogP contribution in [0.3, 0.4) is 0 Å². The van der Waals surface area contributed by atoms with E-state index in [0.717, 1.165) is 25.4 Å². The maximum atomic E-state index is 11.8. The van der Waals surface area contributed by atoms with Crippen LogP contribution in [0.1, 0.15) is 62.3 Å². The van der Waals surface area contributed by atoms with E-state index in [4.69, 9.17) is 4.42 Å². The first-order valence-corrected chi connectivity index (χ1v) is 8.17. The Hall–Kier alpha value is -1.36. The highest BCUT2D eigenvalue weighted by molar-refractivity contribution is 5.91. The number of likely N-dealkylation sites (tertiary alicyclic amines) is 1. The van der Waals surface area contributed by atoms with E-state index >= 15 is 0 Å². The molecular formula is C16H27N3O2. The Bertz CT molecular complexity index is 444. The Kier molecular flexibility index (Phi) is 6.23. The van der Waals surface area contributed by atoms with Crippen molar-refractivity contribution in [2.24, 2.45) is 0 Å². The second-order valence-electron chi connectivity index (χ2n) is 5.82. The molecule has 1 N–H and O–H groups in total. The lowest BCUT2D eigenvalue weighted by Crippen LogP contribution is -2.38. The Morgan fingerprint density at radius 2 is 2.33 bits per heavy atom. The topological polar surface area (TPSA) is 58.4 Å². The van der Waals surface area contributed by atoms with Crippen molar-refractivity contribution in [2.75, 3.05) is 19.6 Å². The molecule has 21 heavy (non-hydrogen) atoms. The number of nitrogens with one attached hydrogen (secondary N) is 1. The van der Waals surface area contributed by atoms with E-state index in [-0.39, 0.29) is 5.91 Å². The van der Waals surface area contributed by atoms with E-state index in [0.29, 0.717) is 24.6 Å². The van der Waals surface area contributed by atoms with Crippen LogP contribution in [0.15, 0.2) is 10.7 Å². The van der Waals surface area contributed by atoms with Gasteiger partial charge in [-0.25, -0.2) is 4.98 Å². The molecule has 0 spiro atoms. The lowest BCUT2D eigenvalue weighted by molar-refractivity contribution is 0.0946. The van der Waals surface area contributed by atoms with Crippen molar-refractivity contribution < 1.29 is 9.21 Å². The molecule has 2 rings (SSSR count). The molecule has 0 unspecified atom stereocenters. The molecule has 2 heterocycles. The summed E-state index contributed by atoms with van der Waals surface area (Å²) in [5.41, 5.74) is 0.386. The molecule has 0 saturated carbocycles. The van der Waals surface area contributed by atoms with Gasteiger partial charge in [-0.2, -0.15) is 0 Å². The summed E-state index contributed by atoms with van der Waals surface area (Å²) in [4.78, 5) is 18.5. The average Bonchev–Trinajstić information content (AvgIpc) is 2.97. The molecular weight excluding hydrogens is 266 g/mol. The zero-order valence-electron chi connectivity index (χ0n) is 13.2. The van der Waals surface area contributed by atoms with Gasteiger partial charge in [0.25, 0.3) is 5.91 Å². The maximum Gasteiger partial charge on any atom is 0.273 e. The summed E-state index contributed by atoms with van der Waals surface area (Å²) in [6.07, 6.45) is 8.29. The highest BCUT2D eigenvalue weighted by atomic mass is 16.3. The number of oxazole rings is 1. The zero-order chi connectivity index (χ0) is 15.1. The number of aryl methyl sites for hydroxylation is 1. The summed E-state index contributed by atoms with van der Waals surface area (Å²) in [5.74, 6) is 0.476. The number of nitrogens with zero attached hydrogens (tertiary/aromatic N) is 2. The molecule has 1 fully saturated rings. The number of carbonyl (C=O) groups excluding carboxylic acids is 1. The molecule has 0 bridgehead atoms. The Morgan fingerprint density at radius 3 is 3.05 bits per heavy atom. The highest BCUT2D eigenvalue weighted by Crippen LogP contribution is 2.16. The number of carbonyl (C=O) groups is 1. The average molecular weight is 293 g/mol. The predicted octanol–water partition coefficient (Wildman–Crippen LogP) is 2.62. The third kappa shape index (κ3) is 4.84. The van der Waals surface area contributed by atoms with Crippen molar-refractivity contribution >= 4 is 5.91 Å². The maximum absolute atomic E-state index is 11.8. The van der Waals surface area contributed by atoms with Crippen LogP contribution in [0.5, 0.6) is 0 Å². The molecule has 118 valence electrons. The number of hydrogen-bond acceptors (Lipinski definition) is 4. The van der Waals surface area contributed by atoms with Crippen molar-refractivity contribution in [3.05, 3.63) is 17.8 Å². The van der Waals surface area contributed by atoms with Gasteiger partial charge in [0.05, 0.1) is 0 Å². The van der Waals surface area contributed by atoms with Crippen LogP contribution in [0.4, 0.5) is 0 Å². The third-order valence-corrected chi connectivity index (χ3v) is 4.19. The van der Waals surface area contributed by atoms with E-state index < -0.39 is 0 Å². The number of amides is 1. The lowest BCUT2D eigenvalue weighted by atomic mass is 10.0. The summed E-state index contributed by atoms with van der Waals surface area (Å²) in [5, 5.41) is 2.91. The smallest absolute Gasteiger partial charge is 0.273 e. The van der Waals surface area contributed by atoms with Crippen LogP contribution in [0.25, 0.3) is 0 Å². The minimum absolute atomic E-state index is 0.134. The van der Waals surface area contributed by atoms with Crippen LogP contribution in [-0.2, 0) is 6.42 Å². The zero-order valence-corrected chi connectivity index (χ0v) is 13.2. The van der Waals surface area contributed by atoms with Crippen molar-refractivity contribution in [3.63, 3.8) is 0 Å². The second-order valence-corrected chi connectivity index (χ2v) is 5.82. The van der Waals surface area contributed by atoms with Gasteiger partial charge in [-0.05, 0) is 45.7 Å². The molecule has 1 aromatic rings. The van der Waals surface area contributed by atoms with Gasteiger partial charge in [0, 0.05) is 19.0 Å². The standard InChI is InChI=1S/C16H27N3O2/c1-3-15-18-14(12-21-15)16(20)17-9-5-7-11-19-10-6-4-8-13(19)2/h12-13H,3-11H2,1-2H3,(H,17,20)/t13-/m1/s1. The minimum Gasteiger partial charge on any atom is -0.448 e. The van der Waals surface area contributed by atoms with Crippen LogP contribution in [0.2, 0.25) is 0 Å². The molecule has 0 aliphatic carbocycles. The van der Waals surface area contributed by atoms with Gasteiger partial charge in [0.15, 0.2) is 11.6 Å². The number of aromatic nitrogens is 1. The van der Waals surface area contributed by atoms with Crippen molar-refractivity contribution in [1.29, 1.82) is 0 Å². The molecule has 0 aromatic carbocycles. The third-order valence-electron chi connectivity index (χ3n) is 4.19. The molecule has 1 aromatic heterocycles. The predicted molar refractivity (Wildman–Crippen MR) is 82.3 cm³/mol. The number of piperidine rings is 1. The number of unbranched alkanes of at least 4 members (excludes halogenated alkanes) is 1. The van der Waals surface area contributed by atoms with Crippen LogP contribution in [0, 0.1) is 0 Å². The summed E-state index contributed by atoms with van der Waals surface area (Å²) < 4.78 is 5.17. The fraction of sp³-hybridized carbons (Fsp3) is 0.750. The normalized spacial score (nSPS) is 19.6. The lowest BCUT2D eigenvalue weighted by Gasteiger charge is -2.33. The first kappa shape index (κ1) is 16.0. The van der Waals surface area contributed by atoms with Gasteiger partial charge >= 0.3 is 0 Å². The van der Waals surface area contributed by atoms with Gasteiger partial charge in [0.1, 0.15) is 6.26 Å². The van der Waals surface area contributed by atoms with Crippen LogP contribution >= 0.6 is 0 Å². The fourth-order valence-electron chi connectivity index (χ4n) is 2.80. The van der Waals surface area contributed by atoms with E-state index in [1.54, 1.807) is 0 Å². The van der Waals surface area contributed by atoms with Gasteiger partial charge in [-0.1, -0.05) is 13.3 Å². The van der Waals surface area contributed by atoms with Gasteiger partial charge < -0.3 is 14.6 Å². The van der Waals surface area contributed by atoms with Crippen LogP contribution < -0.4 is 5.32 Å². The molecule has 1 amide bonds. The van der Waals surface area contributed by atoms with E-state index in [9.17, 15) is 4.79 Å². The molecule has 0 radical (unpaired) electrons. The number of hydrogen-bond donors (Lipinski definition) is 1. The SMILES string of the molecule is CCc1nc(C(=O)NCCCCN2CCCC[C@H]2C)co1. The van der Waals surface area contributed by atoms with Gasteiger partial charge in [-0.3, -0.25) is 4.79 Å². The van der Waals surface area contributed by atoms with E-state index in [1.165, 1.54) is 32.1 Å². The Morgan fingerprint density at radius 1 is 1.48 bits per heavy atom. The van der Waals surface area contributed by atoms with Gasteiger partial charge in [-0.15, -0.1) is 0 Å². The molecule has 1 aliphatic heterocycles.